The highest BCUT2D eigenvalue weighted by Gasteiger charge is 2.11. The van der Waals surface area contributed by atoms with E-state index in [2.05, 4.69) is 36.4 Å². The van der Waals surface area contributed by atoms with Crippen molar-refractivity contribution in [3.8, 4) is 0 Å². The fourth-order valence-corrected chi connectivity index (χ4v) is 2.80. The van der Waals surface area contributed by atoms with E-state index in [9.17, 15) is 10.2 Å². The maximum Gasteiger partial charge on any atom is 0.0484 e. The molecule has 0 amide bonds. The molecule has 0 spiro atoms. The molecule has 0 saturated heterocycles. The van der Waals surface area contributed by atoms with Gasteiger partial charge in [-0.2, -0.15) is 0 Å². The van der Waals surface area contributed by atoms with Gasteiger partial charge in [0, 0.05) is 19.1 Å². The van der Waals surface area contributed by atoms with E-state index in [1.807, 2.05) is 18.2 Å². The summed E-state index contributed by atoms with van der Waals surface area (Å²) in [4.78, 5) is 0. The second kappa shape index (κ2) is 5.61. The van der Waals surface area contributed by atoms with Crippen LogP contribution in [-0.4, -0.2) is 23.4 Å². The van der Waals surface area contributed by atoms with Crippen LogP contribution >= 0.6 is 0 Å². The van der Waals surface area contributed by atoms with E-state index in [0.717, 1.165) is 0 Å². The summed E-state index contributed by atoms with van der Waals surface area (Å²) in [7, 11) is 0. The number of hydrogen-bond acceptors (Lipinski definition) is 2. The quantitative estimate of drug-likeness (QED) is 0.712. The Bertz CT molecular complexity index is 730. The van der Waals surface area contributed by atoms with Crippen molar-refractivity contribution in [3.05, 3.63) is 60.2 Å². The van der Waals surface area contributed by atoms with Crippen molar-refractivity contribution in [2.75, 3.05) is 13.2 Å². The first kappa shape index (κ1) is 13.1. The molecule has 3 aromatic rings. The number of benzene rings is 3. The summed E-state index contributed by atoms with van der Waals surface area (Å²) in [6.45, 7) is 0.0231. The van der Waals surface area contributed by atoms with E-state index in [1.54, 1.807) is 0 Å². The Balaban J connectivity index is 2.23. The van der Waals surface area contributed by atoms with Crippen LogP contribution in [0.3, 0.4) is 0 Å². The molecule has 0 atom stereocenters. The smallest absolute Gasteiger partial charge is 0.0484 e. The molecule has 0 radical (unpaired) electrons. The first-order valence-electron chi connectivity index (χ1n) is 6.94. The minimum Gasteiger partial charge on any atom is -0.396 e. The Morgan fingerprint density at radius 3 is 2.05 bits per heavy atom. The molecule has 0 heterocycles. The van der Waals surface area contributed by atoms with Crippen molar-refractivity contribution in [1.29, 1.82) is 0 Å². The van der Waals surface area contributed by atoms with Crippen molar-refractivity contribution in [2.24, 2.45) is 5.92 Å². The lowest BCUT2D eigenvalue weighted by atomic mass is 9.92. The standard InChI is InChI=1S/C18H18O2/c19-11-13(12-20)9-15-10-14-5-1-2-6-16(14)18-8-4-3-7-17(15)18/h1-8,10,13,19-20H,9,11-12H2. The van der Waals surface area contributed by atoms with Gasteiger partial charge in [0.15, 0.2) is 0 Å². The SMILES string of the molecule is OCC(CO)Cc1cc2ccccc2c2ccccc12. The van der Waals surface area contributed by atoms with Gasteiger partial charge in [-0.05, 0) is 33.5 Å². The lowest BCUT2D eigenvalue weighted by Gasteiger charge is -2.15. The highest BCUT2D eigenvalue weighted by molar-refractivity contribution is 6.08. The van der Waals surface area contributed by atoms with Gasteiger partial charge in [-0.25, -0.2) is 0 Å². The van der Waals surface area contributed by atoms with Crippen molar-refractivity contribution >= 4 is 21.5 Å². The molecule has 0 bridgehead atoms. The van der Waals surface area contributed by atoms with Crippen LogP contribution < -0.4 is 0 Å². The predicted molar refractivity (Wildman–Crippen MR) is 82.8 cm³/mol. The van der Waals surface area contributed by atoms with Gasteiger partial charge in [0.2, 0.25) is 0 Å². The fraction of sp³-hybridized carbons (Fsp3) is 0.222. The van der Waals surface area contributed by atoms with Gasteiger partial charge >= 0.3 is 0 Å². The van der Waals surface area contributed by atoms with Crippen LogP contribution in [0.2, 0.25) is 0 Å². The minimum absolute atomic E-state index is 0.0116. The zero-order chi connectivity index (χ0) is 13.9. The Hall–Kier alpha value is -1.90. The number of rotatable bonds is 4. The van der Waals surface area contributed by atoms with Crippen molar-refractivity contribution < 1.29 is 10.2 Å². The maximum atomic E-state index is 9.31. The highest BCUT2D eigenvalue weighted by Crippen LogP contribution is 2.29. The fourth-order valence-electron chi connectivity index (χ4n) is 2.80. The average Bonchev–Trinajstić information content (AvgIpc) is 2.52. The molecule has 0 fully saturated rings. The molecule has 3 rings (SSSR count). The zero-order valence-electron chi connectivity index (χ0n) is 11.3. The first-order valence-corrected chi connectivity index (χ1v) is 6.94. The molecule has 0 saturated carbocycles. The topological polar surface area (TPSA) is 40.5 Å². The number of hydrogen-bond donors (Lipinski definition) is 2. The lowest BCUT2D eigenvalue weighted by Crippen LogP contribution is -2.14. The summed E-state index contributed by atoms with van der Waals surface area (Å²) in [6, 6.07) is 18.8. The molecular formula is C18H18O2. The number of aliphatic hydroxyl groups is 2. The van der Waals surface area contributed by atoms with Gasteiger partial charge in [-0.1, -0.05) is 54.6 Å². The van der Waals surface area contributed by atoms with Gasteiger partial charge in [-0.3, -0.25) is 0 Å². The first-order chi connectivity index (χ1) is 9.83. The molecular weight excluding hydrogens is 248 g/mol. The minimum atomic E-state index is -0.0976. The number of fused-ring (bicyclic) bond motifs is 3. The largest absolute Gasteiger partial charge is 0.396 e. The molecule has 3 aromatic carbocycles. The molecule has 0 aliphatic carbocycles. The Morgan fingerprint density at radius 1 is 0.750 bits per heavy atom. The third-order valence-corrected chi connectivity index (χ3v) is 3.88. The van der Waals surface area contributed by atoms with Crippen LogP contribution in [0.1, 0.15) is 5.56 Å². The van der Waals surface area contributed by atoms with Crippen LogP contribution in [0.25, 0.3) is 21.5 Å². The monoisotopic (exact) mass is 266 g/mol. The van der Waals surface area contributed by atoms with Crippen molar-refractivity contribution in [3.63, 3.8) is 0 Å². The van der Waals surface area contributed by atoms with E-state index < -0.39 is 0 Å². The molecule has 0 unspecified atom stereocenters. The Labute approximate surface area is 118 Å². The molecule has 102 valence electrons. The molecule has 2 heteroatoms. The Morgan fingerprint density at radius 2 is 1.35 bits per heavy atom. The molecule has 2 N–H and O–H groups in total. The van der Waals surface area contributed by atoms with Crippen LogP contribution in [0.5, 0.6) is 0 Å². The van der Waals surface area contributed by atoms with E-state index in [-0.39, 0.29) is 19.1 Å². The van der Waals surface area contributed by atoms with Crippen LogP contribution in [0.4, 0.5) is 0 Å². The molecule has 20 heavy (non-hydrogen) atoms. The zero-order valence-corrected chi connectivity index (χ0v) is 11.3. The van der Waals surface area contributed by atoms with Crippen molar-refractivity contribution in [1.82, 2.24) is 0 Å². The summed E-state index contributed by atoms with van der Waals surface area (Å²) in [6.07, 6.45) is 0.693. The third-order valence-electron chi connectivity index (χ3n) is 3.88. The maximum absolute atomic E-state index is 9.31. The van der Waals surface area contributed by atoms with Crippen molar-refractivity contribution in [2.45, 2.75) is 6.42 Å². The summed E-state index contributed by atoms with van der Waals surface area (Å²) < 4.78 is 0. The second-order valence-electron chi connectivity index (χ2n) is 5.24. The molecule has 0 aliphatic heterocycles. The lowest BCUT2D eigenvalue weighted by molar-refractivity contribution is 0.150. The summed E-state index contributed by atoms with van der Waals surface area (Å²) in [5, 5.41) is 23.5. The average molecular weight is 266 g/mol. The van der Waals surface area contributed by atoms with Gasteiger partial charge in [0.1, 0.15) is 0 Å². The van der Waals surface area contributed by atoms with E-state index in [4.69, 9.17) is 0 Å². The summed E-state index contributed by atoms with van der Waals surface area (Å²) >= 11 is 0. The van der Waals surface area contributed by atoms with Crippen LogP contribution in [0.15, 0.2) is 54.6 Å². The van der Waals surface area contributed by atoms with Gasteiger partial charge in [0.25, 0.3) is 0 Å². The van der Waals surface area contributed by atoms with Gasteiger partial charge in [-0.15, -0.1) is 0 Å². The second-order valence-corrected chi connectivity index (χ2v) is 5.24. The molecule has 2 nitrogen and oxygen atoms in total. The van der Waals surface area contributed by atoms with Crippen LogP contribution in [-0.2, 0) is 6.42 Å². The van der Waals surface area contributed by atoms with E-state index in [1.165, 1.54) is 27.1 Å². The third kappa shape index (κ3) is 2.28. The predicted octanol–water partition coefficient (Wildman–Crippen LogP) is 3.14. The highest BCUT2D eigenvalue weighted by atomic mass is 16.3. The van der Waals surface area contributed by atoms with Gasteiger partial charge in [0.05, 0.1) is 0 Å². The summed E-state index contributed by atoms with van der Waals surface area (Å²) in [5.41, 5.74) is 1.19. The van der Waals surface area contributed by atoms with Crippen LogP contribution in [0, 0.1) is 5.92 Å². The number of aliphatic hydroxyl groups excluding tert-OH is 2. The normalized spacial score (nSPS) is 11.6. The van der Waals surface area contributed by atoms with E-state index in [0.29, 0.717) is 6.42 Å². The molecule has 0 aliphatic rings. The Kier molecular flexibility index (Phi) is 3.68. The van der Waals surface area contributed by atoms with Gasteiger partial charge < -0.3 is 10.2 Å². The molecule has 0 aromatic heterocycles. The van der Waals surface area contributed by atoms with E-state index >= 15 is 0 Å². The summed E-state index contributed by atoms with van der Waals surface area (Å²) in [5.74, 6) is -0.0976.